The number of carbonyl (C=O) groups is 1. The van der Waals surface area contributed by atoms with Gasteiger partial charge in [0.15, 0.2) is 5.13 Å². The van der Waals surface area contributed by atoms with Gasteiger partial charge in [0.2, 0.25) is 10.0 Å². The van der Waals surface area contributed by atoms with Crippen LogP contribution in [0.15, 0.2) is 23.1 Å². The number of rotatable bonds is 9. The molecular formula is C17H22Cl3N3O3S2. The number of sulfonamides is 1. The first-order chi connectivity index (χ1) is 13.1. The molecule has 0 atom stereocenters. The lowest BCUT2D eigenvalue weighted by Crippen LogP contribution is -2.33. The predicted molar refractivity (Wildman–Crippen MR) is 117 cm³/mol. The van der Waals surface area contributed by atoms with E-state index in [1.165, 1.54) is 10.4 Å². The average molecular weight is 487 g/mol. The summed E-state index contributed by atoms with van der Waals surface area (Å²) in [7, 11) is -3.61. The number of amides is 1. The van der Waals surface area contributed by atoms with Crippen molar-refractivity contribution >= 4 is 77.4 Å². The normalized spacial score (nSPS) is 12.6. The summed E-state index contributed by atoms with van der Waals surface area (Å²) in [5, 5.41) is 2.65. The predicted octanol–water partition coefficient (Wildman–Crippen LogP) is 5.20. The number of nitrogens with one attached hydrogen (secondary N) is 1. The number of carbonyl (C=O) groups excluding carboxylic acids is 1. The van der Waals surface area contributed by atoms with Crippen molar-refractivity contribution in [1.82, 2.24) is 9.29 Å². The molecule has 0 unspecified atom stereocenters. The van der Waals surface area contributed by atoms with E-state index in [9.17, 15) is 13.2 Å². The van der Waals surface area contributed by atoms with Gasteiger partial charge in [-0.1, -0.05) is 72.8 Å². The molecule has 0 aliphatic carbocycles. The van der Waals surface area contributed by atoms with Crippen molar-refractivity contribution in [1.29, 1.82) is 0 Å². The van der Waals surface area contributed by atoms with Crippen LogP contribution in [0, 0.1) is 0 Å². The van der Waals surface area contributed by atoms with Gasteiger partial charge in [0.25, 0.3) is 9.70 Å². The zero-order valence-corrected chi connectivity index (χ0v) is 19.4. The number of hydrogen-bond donors (Lipinski definition) is 1. The summed E-state index contributed by atoms with van der Waals surface area (Å²) >= 11 is 17.8. The fraction of sp³-hybridized carbons (Fsp3) is 0.529. The largest absolute Gasteiger partial charge is 0.298 e. The van der Waals surface area contributed by atoms with Crippen molar-refractivity contribution in [2.75, 3.05) is 18.4 Å². The average Bonchev–Trinajstić information content (AvgIpc) is 3.02. The zero-order valence-electron chi connectivity index (χ0n) is 15.5. The van der Waals surface area contributed by atoms with E-state index in [1.807, 2.05) is 13.8 Å². The van der Waals surface area contributed by atoms with Crippen LogP contribution in [-0.4, -0.2) is 40.5 Å². The Kier molecular flexibility index (Phi) is 8.37. The summed E-state index contributed by atoms with van der Waals surface area (Å²) in [5.41, 5.74) is 0.553. The molecule has 156 valence electrons. The molecule has 28 heavy (non-hydrogen) atoms. The third-order valence-corrected chi connectivity index (χ3v) is 7.34. The number of aromatic nitrogens is 1. The van der Waals surface area contributed by atoms with Crippen molar-refractivity contribution in [3.63, 3.8) is 0 Å². The Hall–Kier alpha value is -0.640. The third-order valence-electron chi connectivity index (χ3n) is 4.00. The minimum absolute atomic E-state index is 0.204. The van der Waals surface area contributed by atoms with Gasteiger partial charge >= 0.3 is 0 Å². The Morgan fingerprint density at radius 3 is 2.32 bits per heavy atom. The molecule has 0 aliphatic heterocycles. The molecule has 0 bridgehead atoms. The van der Waals surface area contributed by atoms with Gasteiger partial charge in [0.1, 0.15) is 0 Å². The van der Waals surface area contributed by atoms with Crippen LogP contribution in [-0.2, 0) is 14.8 Å². The van der Waals surface area contributed by atoms with Gasteiger partial charge in [-0.3, -0.25) is 10.1 Å². The summed E-state index contributed by atoms with van der Waals surface area (Å²) in [5.74, 6) is -0.824. The molecule has 0 saturated heterocycles. The van der Waals surface area contributed by atoms with Crippen LogP contribution in [0.5, 0.6) is 0 Å². The van der Waals surface area contributed by atoms with E-state index in [1.54, 1.807) is 12.1 Å². The molecule has 2 aromatic rings. The maximum atomic E-state index is 13.1. The summed E-state index contributed by atoms with van der Waals surface area (Å²) < 4.78 is 26.2. The maximum absolute atomic E-state index is 13.1. The molecular weight excluding hydrogens is 465 g/mol. The molecule has 0 fully saturated rings. The van der Waals surface area contributed by atoms with Gasteiger partial charge in [0, 0.05) is 13.1 Å². The van der Waals surface area contributed by atoms with E-state index in [0.717, 1.165) is 37.0 Å². The topological polar surface area (TPSA) is 79.4 Å². The number of alkyl halides is 3. The fourth-order valence-electron chi connectivity index (χ4n) is 2.46. The van der Waals surface area contributed by atoms with Gasteiger partial charge in [-0.05, 0) is 31.0 Å². The summed E-state index contributed by atoms with van der Waals surface area (Å²) in [6, 6.07) is 4.71. The van der Waals surface area contributed by atoms with Gasteiger partial charge in [-0.2, -0.15) is 4.31 Å². The highest BCUT2D eigenvalue weighted by atomic mass is 35.6. The quantitative estimate of drug-likeness (QED) is 0.494. The van der Waals surface area contributed by atoms with Gasteiger partial charge in [-0.25, -0.2) is 13.4 Å². The van der Waals surface area contributed by atoms with Crippen LogP contribution in [0.25, 0.3) is 10.2 Å². The lowest BCUT2D eigenvalue weighted by molar-refractivity contribution is -0.115. The number of hydrogen-bond acceptors (Lipinski definition) is 5. The minimum Gasteiger partial charge on any atom is -0.298 e. The smallest absolute Gasteiger partial charge is 0.278 e. The number of unbranched alkanes of at least 4 members (excludes halogenated alkanes) is 2. The van der Waals surface area contributed by atoms with E-state index in [4.69, 9.17) is 34.8 Å². The van der Waals surface area contributed by atoms with Crippen LogP contribution in [0.2, 0.25) is 0 Å². The lowest BCUT2D eigenvalue weighted by atomic mass is 10.3. The molecule has 1 amide bonds. The van der Waals surface area contributed by atoms with Gasteiger partial charge in [0.05, 0.1) is 15.1 Å². The van der Waals surface area contributed by atoms with Gasteiger partial charge < -0.3 is 0 Å². The number of fused-ring (bicyclic) bond motifs is 1. The second-order valence-electron chi connectivity index (χ2n) is 6.21. The molecule has 1 aromatic carbocycles. The van der Waals surface area contributed by atoms with Crippen LogP contribution in [0.4, 0.5) is 5.13 Å². The Labute approximate surface area is 184 Å². The van der Waals surface area contributed by atoms with Crippen molar-refractivity contribution in [3.8, 4) is 0 Å². The minimum atomic E-state index is -3.61. The Morgan fingerprint density at radius 1 is 1.18 bits per heavy atom. The second-order valence-corrected chi connectivity index (χ2v) is 11.5. The van der Waals surface area contributed by atoms with Crippen LogP contribution >= 0.6 is 46.1 Å². The highest BCUT2D eigenvalue weighted by Gasteiger charge is 2.31. The summed E-state index contributed by atoms with van der Waals surface area (Å²) in [6.07, 6.45) is 3.44. The molecule has 0 saturated carbocycles. The monoisotopic (exact) mass is 485 g/mol. The number of benzene rings is 1. The van der Waals surface area contributed by atoms with Crippen LogP contribution in [0.3, 0.4) is 0 Å². The Bertz CT molecular complexity index is 919. The van der Waals surface area contributed by atoms with E-state index in [-0.39, 0.29) is 10.0 Å². The second kappa shape index (κ2) is 9.91. The van der Waals surface area contributed by atoms with Crippen molar-refractivity contribution in [2.24, 2.45) is 0 Å². The number of nitrogens with zero attached hydrogens (tertiary/aromatic N) is 2. The van der Waals surface area contributed by atoms with Crippen molar-refractivity contribution in [2.45, 2.75) is 48.2 Å². The van der Waals surface area contributed by atoms with Crippen LogP contribution in [0.1, 0.15) is 39.5 Å². The van der Waals surface area contributed by atoms with Gasteiger partial charge in [-0.15, -0.1) is 0 Å². The molecule has 0 aliphatic rings. The first-order valence-corrected chi connectivity index (χ1v) is 12.3. The molecule has 1 heterocycles. The molecule has 0 spiro atoms. The lowest BCUT2D eigenvalue weighted by Gasteiger charge is -2.21. The molecule has 0 radical (unpaired) electrons. The van der Waals surface area contributed by atoms with E-state index < -0.39 is 19.7 Å². The highest BCUT2D eigenvalue weighted by molar-refractivity contribution is 7.89. The first-order valence-electron chi connectivity index (χ1n) is 8.88. The first kappa shape index (κ1) is 23.6. The van der Waals surface area contributed by atoms with Crippen LogP contribution < -0.4 is 5.32 Å². The van der Waals surface area contributed by atoms with E-state index >= 15 is 0 Å². The summed E-state index contributed by atoms with van der Waals surface area (Å²) in [4.78, 5) is 16.2. The molecule has 1 N–H and O–H groups in total. The number of halogens is 3. The molecule has 6 nitrogen and oxygen atoms in total. The van der Waals surface area contributed by atoms with Crippen molar-refractivity contribution < 1.29 is 13.2 Å². The standard InChI is InChI=1S/C17H22Cl3N3O3S2/c1-3-5-9-23(10-6-4-2)28(25,26)12-7-8-13-14(11-12)27-16(21-13)22-15(24)17(18,19)20/h7-8,11H,3-6,9-10H2,1-2H3,(H,21,22,24). The fourth-order valence-corrected chi connectivity index (χ4v) is 5.12. The van der Waals surface area contributed by atoms with Crippen molar-refractivity contribution in [3.05, 3.63) is 18.2 Å². The Morgan fingerprint density at radius 2 is 1.79 bits per heavy atom. The highest BCUT2D eigenvalue weighted by Crippen LogP contribution is 2.32. The summed E-state index contributed by atoms with van der Waals surface area (Å²) in [6.45, 7) is 5.04. The molecule has 11 heteroatoms. The maximum Gasteiger partial charge on any atom is 0.278 e. The molecule has 1 aromatic heterocycles. The third kappa shape index (κ3) is 5.93. The zero-order chi connectivity index (χ0) is 20.9. The Balaban J connectivity index is 2.31. The SMILES string of the molecule is CCCCN(CCCC)S(=O)(=O)c1ccc2nc(NC(=O)C(Cl)(Cl)Cl)sc2c1. The number of thiazole rings is 1. The van der Waals surface area contributed by atoms with E-state index in [2.05, 4.69) is 10.3 Å². The van der Waals surface area contributed by atoms with E-state index in [0.29, 0.717) is 23.3 Å². The molecule has 2 rings (SSSR count). The number of anilines is 1.